The second kappa shape index (κ2) is 10.5. The predicted octanol–water partition coefficient (Wildman–Crippen LogP) is 5.37. The van der Waals surface area contributed by atoms with Crippen molar-refractivity contribution >= 4 is 5.97 Å². The molecule has 0 atom stereocenters. The van der Waals surface area contributed by atoms with Crippen molar-refractivity contribution in [1.29, 1.82) is 0 Å². The standard InChI is InChI=1S/C18H28O2/c1-3-5-8-14-17(15-9-6-4-2)20-18(19)16-12-10-7-11-13-16/h7,10-13,17H,3-6,8-9,14-15H2,1-2H3. The van der Waals surface area contributed by atoms with E-state index < -0.39 is 0 Å². The summed E-state index contributed by atoms with van der Waals surface area (Å²) in [5.74, 6) is -0.177. The molecule has 0 spiro atoms. The molecule has 0 aliphatic heterocycles. The van der Waals surface area contributed by atoms with E-state index >= 15 is 0 Å². The lowest BCUT2D eigenvalue weighted by molar-refractivity contribution is 0.0249. The third-order valence-electron chi connectivity index (χ3n) is 3.54. The van der Waals surface area contributed by atoms with Gasteiger partial charge in [0.25, 0.3) is 0 Å². The van der Waals surface area contributed by atoms with Gasteiger partial charge in [0.1, 0.15) is 6.10 Å². The molecule has 0 bridgehead atoms. The number of carbonyl (C=O) groups excluding carboxylic acids is 1. The van der Waals surface area contributed by atoms with Gasteiger partial charge in [0, 0.05) is 0 Å². The van der Waals surface area contributed by atoms with Gasteiger partial charge in [0.05, 0.1) is 5.56 Å². The van der Waals surface area contributed by atoms with Crippen molar-refractivity contribution in [2.24, 2.45) is 0 Å². The summed E-state index contributed by atoms with van der Waals surface area (Å²) in [5, 5.41) is 0. The summed E-state index contributed by atoms with van der Waals surface area (Å²) >= 11 is 0. The van der Waals surface area contributed by atoms with E-state index in [0.29, 0.717) is 5.56 Å². The molecule has 0 unspecified atom stereocenters. The third-order valence-corrected chi connectivity index (χ3v) is 3.54. The first-order chi connectivity index (χ1) is 9.77. The summed E-state index contributed by atoms with van der Waals surface area (Å²) in [6.45, 7) is 4.39. The highest BCUT2D eigenvalue weighted by molar-refractivity contribution is 5.89. The molecule has 1 aromatic carbocycles. The second-order valence-electron chi connectivity index (χ2n) is 5.38. The van der Waals surface area contributed by atoms with E-state index in [1.807, 2.05) is 30.3 Å². The summed E-state index contributed by atoms with van der Waals surface area (Å²) < 4.78 is 5.69. The zero-order chi connectivity index (χ0) is 14.6. The monoisotopic (exact) mass is 276 g/mol. The van der Waals surface area contributed by atoms with Crippen molar-refractivity contribution in [1.82, 2.24) is 0 Å². The van der Waals surface area contributed by atoms with Crippen LogP contribution in [0, 0.1) is 0 Å². The molecule has 2 heteroatoms. The molecule has 0 aliphatic rings. The van der Waals surface area contributed by atoms with E-state index in [-0.39, 0.29) is 12.1 Å². The Balaban J connectivity index is 2.47. The van der Waals surface area contributed by atoms with E-state index in [1.54, 1.807) is 0 Å². The molecule has 0 N–H and O–H groups in total. The Kier molecular flexibility index (Phi) is 8.77. The molecule has 1 aromatic rings. The molecular weight excluding hydrogens is 248 g/mol. The number of rotatable bonds is 10. The van der Waals surface area contributed by atoms with Crippen molar-refractivity contribution in [2.75, 3.05) is 0 Å². The van der Waals surface area contributed by atoms with E-state index in [1.165, 1.54) is 25.7 Å². The van der Waals surface area contributed by atoms with Crippen LogP contribution in [0.1, 0.15) is 75.6 Å². The van der Waals surface area contributed by atoms with Crippen LogP contribution in [0.25, 0.3) is 0 Å². The molecule has 2 nitrogen and oxygen atoms in total. The fraction of sp³-hybridized carbons (Fsp3) is 0.611. The van der Waals surface area contributed by atoms with Crippen LogP contribution in [0.5, 0.6) is 0 Å². The number of carbonyl (C=O) groups is 1. The molecule has 0 amide bonds. The highest BCUT2D eigenvalue weighted by Crippen LogP contribution is 2.16. The quantitative estimate of drug-likeness (QED) is 0.424. The van der Waals surface area contributed by atoms with E-state index in [4.69, 9.17) is 4.74 Å². The van der Waals surface area contributed by atoms with Crippen molar-refractivity contribution in [3.63, 3.8) is 0 Å². The fourth-order valence-electron chi connectivity index (χ4n) is 2.30. The molecule has 1 rings (SSSR count). The van der Waals surface area contributed by atoms with Gasteiger partial charge < -0.3 is 4.74 Å². The molecule has 0 fully saturated rings. The third kappa shape index (κ3) is 6.74. The first-order valence-corrected chi connectivity index (χ1v) is 8.04. The molecule has 0 aliphatic carbocycles. The van der Waals surface area contributed by atoms with Gasteiger partial charge in [0.15, 0.2) is 0 Å². The Labute approximate surface area is 123 Å². The summed E-state index contributed by atoms with van der Waals surface area (Å²) in [6.07, 6.45) is 9.21. The number of benzene rings is 1. The normalized spacial score (nSPS) is 10.8. The van der Waals surface area contributed by atoms with Crippen molar-refractivity contribution in [3.05, 3.63) is 35.9 Å². The zero-order valence-electron chi connectivity index (χ0n) is 12.9. The number of hydrogen-bond donors (Lipinski definition) is 0. The molecular formula is C18H28O2. The lowest BCUT2D eigenvalue weighted by atomic mass is 10.0. The van der Waals surface area contributed by atoms with Crippen LogP contribution >= 0.6 is 0 Å². The first kappa shape index (κ1) is 16.7. The molecule has 0 saturated heterocycles. The van der Waals surface area contributed by atoms with Crippen LogP contribution in [0.3, 0.4) is 0 Å². The summed E-state index contributed by atoms with van der Waals surface area (Å²) in [4.78, 5) is 12.1. The van der Waals surface area contributed by atoms with Crippen LogP contribution in [-0.2, 0) is 4.74 Å². The van der Waals surface area contributed by atoms with E-state index in [0.717, 1.165) is 25.7 Å². The van der Waals surface area contributed by atoms with Crippen LogP contribution < -0.4 is 0 Å². The Bertz CT molecular complexity index is 349. The maximum atomic E-state index is 12.1. The average molecular weight is 276 g/mol. The molecule has 112 valence electrons. The van der Waals surface area contributed by atoms with Gasteiger partial charge in [-0.1, -0.05) is 57.7 Å². The average Bonchev–Trinajstić information content (AvgIpc) is 2.48. The van der Waals surface area contributed by atoms with Crippen molar-refractivity contribution < 1.29 is 9.53 Å². The second-order valence-corrected chi connectivity index (χ2v) is 5.38. The van der Waals surface area contributed by atoms with E-state index in [9.17, 15) is 4.79 Å². The number of ether oxygens (including phenoxy) is 1. The molecule has 0 radical (unpaired) electrons. The van der Waals surface area contributed by atoms with Gasteiger partial charge >= 0.3 is 5.97 Å². The van der Waals surface area contributed by atoms with Crippen LogP contribution in [0.4, 0.5) is 0 Å². The molecule has 0 saturated carbocycles. The lowest BCUT2D eigenvalue weighted by Gasteiger charge is -2.18. The highest BCUT2D eigenvalue weighted by Gasteiger charge is 2.15. The minimum Gasteiger partial charge on any atom is -0.459 e. The fourth-order valence-corrected chi connectivity index (χ4v) is 2.30. The van der Waals surface area contributed by atoms with Crippen molar-refractivity contribution in [3.8, 4) is 0 Å². The maximum absolute atomic E-state index is 12.1. The van der Waals surface area contributed by atoms with Gasteiger partial charge in [-0.3, -0.25) is 0 Å². The lowest BCUT2D eigenvalue weighted by Crippen LogP contribution is -2.18. The zero-order valence-corrected chi connectivity index (χ0v) is 12.9. The summed E-state index contributed by atoms with van der Waals surface area (Å²) in [6, 6.07) is 9.30. The Hall–Kier alpha value is -1.31. The van der Waals surface area contributed by atoms with Gasteiger partial charge in [0.2, 0.25) is 0 Å². The molecule has 0 aromatic heterocycles. The summed E-state index contributed by atoms with van der Waals surface area (Å²) in [7, 11) is 0. The minimum atomic E-state index is -0.177. The van der Waals surface area contributed by atoms with Crippen LogP contribution in [0.15, 0.2) is 30.3 Å². The molecule has 20 heavy (non-hydrogen) atoms. The van der Waals surface area contributed by atoms with Crippen molar-refractivity contribution in [2.45, 2.75) is 71.3 Å². The van der Waals surface area contributed by atoms with Gasteiger partial charge in [-0.15, -0.1) is 0 Å². The Morgan fingerprint density at radius 2 is 1.50 bits per heavy atom. The van der Waals surface area contributed by atoms with Gasteiger partial charge in [-0.05, 0) is 37.8 Å². The first-order valence-electron chi connectivity index (χ1n) is 8.04. The van der Waals surface area contributed by atoms with E-state index in [2.05, 4.69) is 13.8 Å². The largest absolute Gasteiger partial charge is 0.459 e. The van der Waals surface area contributed by atoms with Gasteiger partial charge in [-0.2, -0.15) is 0 Å². The summed E-state index contributed by atoms with van der Waals surface area (Å²) in [5.41, 5.74) is 0.656. The number of unbranched alkanes of at least 4 members (excludes halogenated alkanes) is 4. The number of hydrogen-bond acceptors (Lipinski definition) is 2. The number of esters is 1. The smallest absolute Gasteiger partial charge is 0.338 e. The van der Waals surface area contributed by atoms with Gasteiger partial charge in [-0.25, -0.2) is 4.79 Å². The Morgan fingerprint density at radius 3 is 2.00 bits per heavy atom. The Morgan fingerprint density at radius 1 is 0.950 bits per heavy atom. The topological polar surface area (TPSA) is 26.3 Å². The predicted molar refractivity (Wildman–Crippen MR) is 83.9 cm³/mol. The van der Waals surface area contributed by atoms with Crippen LogP contribution in [-0.4, -0.2) is 12.1 Å². The minimum absolute atomic E-state index is 0.0841. The molecule has 0 heterocycles. The maximum Gasteiger partial charge on any atom is 0.338 e. The highest BCUT2D eigenvalue weighted by atomic mass is 16.5. The van der Waals surface area contributed by atoms with Crippen LogP contribution in [0.2, 0.25) is 0 Å². The SMILES string of the molecule is CCCCCC(CCCCC)OC(=O)c1ccccc1.